The van der Waals surface area contributed by atoms with Gasteiger partial charge in [0.25, 0.3) is 0 Å². The number of rotatable bonds is 3. The number of halogens is 2. The Hall–Kier alpha value is -1.69. The second kappa shape index (κ2) is 6.39. The summed E-state index contributed by atoms with van der Waals surface area (Å²) in [6.45, 7) is 2.42. The summed E-state index contributed by atoms with van der Waals surface area (Å²) in [5.41, 5.74) is 4.03. The van der Waals surface area contributed by atoms with Gasteiger partial charge in [0, 0.05) is 12.1 Å². The van der Waals surface area contributed by atoms with Crippen LogP contribution in [-0.2, 0) is 0 Å². The summed E-state index contributed by atoms with van der Waals surface area (Å²) in [6.07, 6.45) is 3.03. The van der Waals surface area contributed by atoms with Crippen molar-refractivity contribution >= 4 is 5.71 Å². The predicted octanol–water partition coefficient (Wildman–Crippen LogP) is 2.18. The molecule has 1 aromatic rings. The molecule has 114 valence electrons. The molecule has 4 nitrogen and oxygen atoms in total. The molecule has 1 saturated heterocycles. The highest BCUT2D eigenvalue weighted by Crippen LogP contribution is 2.27. The van der Waals surface area contributed by atoms with Crippen LogP contribution in [0, 0.1) is 11.6 Å². The van der Waals surface area contributed by atoms with Gasteiger partial charge in [0.15, 0.2) is 17.4 Å². The van der Waals surface area contributed by atoms with Gasteiger partial charge in [-0.25, -0.2) is 8.78 Å². The van der Waals surface area contributed by atoms with E-state index in [4.69, 9.17) is 4.74 Å². The van der Waals surface area contributed by atoms with Gasteiger partial charge in [-0.15, -0.1) is 0 Å². The third-order valence-electron chi connectivity index (χ3n) is 3.82. The molecule has 1 aromatic carbocycles. The molecule has 0 unspecified atom stereocenters. The van der Waals surface area contributed by atoms with E-state index in [0.29, 0.717) is 11.3 Å². The molecule has 21 heavy (non-hydrogen) atoms. The maximum atomic E-state index is 14.2. The number of nitrogens with one attached hydrogen (secondary N) is 2. The van der Waals surface area contributed by atoms with Gasteiger partial charge in [0.2, 0.25) is 0 Å². The van der Waals surface area contributed by atoms with Crippen LogP contribution in [0.4, 0.5) is 8.78 Å². The lowest BCUT2D eigenvalue weighted by molar-refractivity contribution is 0.149. The normalized spacial score (nSPS) is 19.8. The summed E-state index contributed by atoms with van der Waals surface area (Å²) >= 11 is 0. The summed E-state index contributed by atoms with van der Waals surface area (Å²) in [4.78, 5) is 0. The highest BCUT2D eigenvalue weighted by atomic mass is 19.1. The van der Waals surface area contributed by atoms with Crippen LogP contribution in [0.15, 0.2) is 17.2 Å². The molecule has 0 amide bonds. The molecule has 0 saturated carbocycles. The number of hydrazone groups is 1. The van der Waals surface area contributed by atoms with Crippen LogP contribution in [0.25, 0.3) is 0 Å². The third-order valence-corrected chi connectivity index (χ3v) is 3.82. The van der Waals surface area contributed by atoms with Gasteiger partial charge in [-0.3, -0.25) is 0 Å². The maximum absolute atomic E-state index is 14.2. The van der Waals surface area contributed by atoms with Crippen molar-refractivity contribution in [3.8, 4) is 5.75 Å². The molecule has 6 heteroatoms. The van der Waals surface area contributed by atoms with E-state index in [0.717, 1.165) is 45.3 Å². The molecule has 1 fully saturated rings. The molecule has 0 aromatic heterocycles. The summed E-state index contributed by atoms with van der Waals surface area (Å²) in [5.74, 6) is -1.58. The fourth-order valence-electron chi connectivity index (χ4n) is 2.67. The molecule has 0 atom stereocenters. The molecule has 2 heterocycles. The molecule has 0 spiro atoms. The van der Waals surface area contributed by atoms with E-state index in [1.807, 2.05) is 0 Å². The zero-order valence-electron chi connectivity index (χ0n) is 11.8. The minimum Gasteiger partial charge on any atom is -0.484 e. The maximum Gasteiger partial charge on any atom is 0.191 e. The first-order valence-corrected chi connectivity index (χ1v) is 7.40. The number of nitrogens with zero attached hydrogens (tertiary/aromatic N) is 1. The molecule has 3 rings (SSSR count). The minimum absolute atomic E-state index is 0.130. The molecular weight excluding hydrogens is 276 g/mol. The third kappa shape index (κ3) is 3.32. The number of ether oxygens (including phenoxy) is 1. The lowest BCUT2D eigenvalue weighted by Gasteiger charge is -2.24. The average molecular weight is 295 g/mol. The van der Waals surface area contributed by atoms with Crippen LogP contribution in [0.3, 0.4) is 0 Å². The first-order valence-electron chi connectivity index (χ1n) is 7.40. The molecule has 2 N–H and O–H groups in total. The van der Waals surface area contributed by atoms with Crippen LogP contribution in [0.2, 0.25) is 0 Å². The van der Waals surface area contributed by atoms with Crippen LogP contribution in [0.5, 0.6) is 5.75 Å². The highest BCUT2D eigenvalue weighted by molar-refractivity contribution is 6.00. The zero-order chi connectivity index (χ0) is 14.7. The van der Waals surface area contributed by atoms with Gasteiger partial charge in [0.05, 0.1) is 5.71 Å². The Bertz CT molecular complexity index is 519. The van der Waals surface area contributed by atoms with Crippen LogP contribution < -0.4 is 15.5 Å². The first kappa shape index (κ1) is 14.3. The van der Waals surface area contributed by atoms with E-state index in [2.05, 4.69) is 15.8 Å². The van der Waals surface area contributed by atoms with Crippen LogP contribution >= 0.6 is 0 Å². The largest absolute Gasteiger partial charge is 0.484 e. The van der Waals surface area contributed by atoms with E-state index in [1.165, 1.54) is 12.1 Å². The van der Waals surface area contributed by atoms with Crippen molar-refractivity contribution < 1.29 is 13.5 Å². The van der Waals surface area contributed by atoms with E-state index < -0.39 is 11.6 Å². The zero-order valence-corrected chi connectivity index (χ0v) is 11.8. The first-order chi connectivity index (χ1) is 10.2. The minimum atomic E-state index is -0.656. The molecular formula is C15H19F2N3O. The van der Waals surface area contributed by atoms with Crippen molar-refractivity contribution in [1.29, 1.82) is 0 Å². The lowest BCUT2D eigenvalue weighted by Crippen LogP contribution is -2.34. The second-order valence-corrected chi connectivity index (χ2v) is 5.41. The highest BCUT2D eigenvalue weighted by Gasteiger charge is 2.21. The van der Waals surface area contributed by atoms with Crippen LogP contribution in [-0.4, -0.2) is 31.4 Å². The van der Waals surface area contributed by atoms with Crippen molar-refractivity contribution in [2.24, 2.45) is 5.10 Å². The number of hydrogen-bond acceptors (Lipinski definition) is 4. The lowest BCUT2D eigenvalue weighted by atomic mass is 10.0. The second-order valence-electron chi connectivity index (χ2n) is 5.41. The fourth-order valence-corrected chi connectivity index (χ4v) is 2.67. The summed E-state index contributed by atoms with van der Waals surface area (Å²) in [6, 6.07) is 2.62. The van der Waals surface area contributed by atoms with Gasteiger partial charge in [-0.1, -0.05) is 0 Å². The van der Waals surface area contributed by atoms with Gasteiger partial charge < -0.3 is 15.5 Å². The van der Waals surface area contributed by atoms with E-state index >= 15 is 0 Å². The summed E-state index contributed by atoms with van der Waals surface area (Å²) in [5, 5.41) is 7.30. The molecule has 0 bridgehead atoms. The fraction of sp³-hybridized carbons (Fsp3) is 0.533. The van der Waals surface area contributed by atoms with E-state index in [1.54, 1.807) is 0 Å². The van der Waals surface area contributed by atoms with Crippen molar-refractivity contribution in [2.45, 2.75) is 31.8 Å². The number of piperidine rings is 1. The Morgan fingerprint density at radius 2 is 1.81 bits per heavy atom. The predicted molar refractivity (Wildman–Crippen MR) is 76.7 cm³/mol. The monoisotopic (exact) mass is 295 g/mol. The Kier molecular flexibility index (Phi) is 4.34. The molecule has 0 aliphatic carbocycles. The molecule has 2 aliphatic rings. The summed E-state index contributed by atoms with van der Waals surface area (Å²) in [7, 11) is 0. The molecule has 0 radical (unpaired) electrons. The van der Waals surface area contributed by atoms with E-state index in [-0.39, 0.29) is 11.9 Å². The van der Waals surface area contributed by atoms with Gasteiger partial charge in [-0.05, 0) is 50.9 Å². The van der Waals surface area contributed by atoms with Crippen LogP contribution in [0.1, 0.15) is 31.2 Å². The van der Waals surface area contributed by atoms with Crippen molar-refractivity contribution in [3.63, 3.8) is 0 Å². The smallest absolute Gasteiger partial charge is 0.191 e. The Morgan fingerprint density at radius 1 is 1.10 bits per heavy atom. The van der Waals surface area contributed by atoms with E-state index in [9.17, 15) is 8.78 Å². The van der Waals surface area contributed by atoms with Crippen molar-refractivity contribution in [2.75, 3.05) is 19.6 Å². The summed E-state index contributed by atoms with van der Waals surface area (Å²) < 4.78 is 33.8. The quantitative estimate of drug-likeness (QED) is 0.898. The molecule has 2 aliphatic heterocycles. The number of hydrogen-bond donors (Lipinski definition) is 2. The average Bonchev–Trinajstić information content (AvgIpc) is 2.52. The Morgan fingerprint density at radius 3 is 2.43 bits per heavy atom. The standard InChI is InChI=1S/C15H19F2N3O/c16-12-8-10(14-2-1-5-19-20-14)9-13(17)15(12)21-11-3-6-18-7-4-11/h8-9,11,18-19H,1-7H2. The van der Waals surface area contributed by atoms with Gasteiger partial charge in [-0.2, -0.15) is 5.10 Å². The SMILES string of the molecule is Fc1cc(C2=NNCCC2)cc(F)c1OC1CCNCC1. The Labute approximate surface area is 122 Å². The number of benzene rings is 1. The van der Waals surface area contributed by atoms with Gasteiger partial charge >= 0.3 is 0 Å². The van der Waals surface area contributed by atoms with Crippen molar-refractivity contribution in [3.05, 3.63) is 29.3 Å². The Balaban J connectivity index is 1.80. The topological polar surface area (TPSA) is 45.7 Å². The van der Waals surface area contributed by atoms with Gasteiger partial charge in [0.1, 0.15) is 6.10 Å². The van der Waals surface area contributed by atoms with Crippen molar-refractivity contribution in [1.82, 2.24) is 10.7 Å².